The molecule has 0 atom stereocenters. The SMILES string of the molecule is CCCCCCC.[Li]. The number of hydrogen-bond donors (Lipinski definition) is 0. The molecular weight excluding hydrogens is 91.0 g/mol. The van der Waals surface area contributed by atoms with Gasteiger partial charge in [0.15, 0.2) is 0 Å². The molecule has 0 aromatic carbocycles. The third-order valence-electron chi connectivity index (χ3n) is 1.21. The van der Waals surface area contributed by atoms with Crippen molar-refractivity contribution in [1.82, 2.24) is 0 Å². The average Bonchev–Trinajstić information content (AvgIpc) is 1.69. The summed E-state index contributed by atoms with van der Waals surface area (Å²) >= 11 is 0. The van der Waals surface area contributed by atoms with Crippen LogP contribution in [0, 0.1) is 0 Å². The molecule has 0 aromatic rings. The van der Waals surface area contributed by atoms with Gasteiger partial charge in [0, 0.05) is 18.9 Å². The molecule has 45 valence electrons. The van der Waals surface area contributed by atoms with E-state index in [2.05, 4.69) is 13.8 Å². The Morgan fingerprint density at radius 1 is 0.750 bits per heavy atom. The van der Waals surface area contributed by atoms with Crippen LogP contribution in [0.15, 0.2) is 0 Å². The fourth-order valence-corrected chi connectivity index (χ4v) is 0.677. The van der Waals surface area contributed by atoms with Gasteiger partial charge in [0.1, 0.15) is 0 Å². The molecule has 0 saturated heterocycles. The normalized spacial score (nSPS) is 8.25. The quantitative estimate of drug-likeness (QED) is 0.382. The molecule has 0 nitrogen and oxygen atoms in total. The van der Waals surface area contributed by atoms with Gasteiger partial charge < -0.3 is 0 Å². The second kappa shape index (κ2) is 10.6. The van der Waals surface area contributed by atoms with Gasteiger partial charge in [-0.05, 0) is 0 Å². The Hall–Kier alpha value is 0.597. The Balaban J connectivity index is 0. The summed E-state index contributed by atoms with van der Waals surface area (Å²) in [5, 5.41) is 0. The van der Waals surface area contributed by atoms with Crippen LogP contribution in [0.25, 0.3) is 0 Å². The maximum absolute atomic E-state index is 2.25. The Morgan fingerprint density at radius 2 is 1.12 bits per heavy atom. The first-order valence-corrected chi connectivity index (χ1v) is 3.41. The van der Waals surface area contributed by atoms with Crippen LogP contribution >= 0.6 is 0 Å². The van der Waals surface area contributed by atoms with Gasteiger partial charge in [0.25, 0.3) is 0 Å². The molecule has 0 aliphatic heterocycles. The fourth-order valence-electron chi connectivity index (χ4n) is 0.677. The zero-order valence-electron chi connectivity index (χ0n) is 6.54. The molecule has 0 N–H and O–H groups in total. The van der Waals surface area contributed by atoms with E-state index in [1.165, 1.54) is 32.1 Å². The standard InChI is InChI=1S/C7H16.Li/c1-3-5-7-6-4-2;/h3-7H2,1-2H3;. The van der Waals surface area contributed by atoms with Gasteiger partial charge in [0.2, 0.25) is 0 Å². The van der Waals surface area contributed by atoms with Crippen LogP contribution in [0.1, 0.15) is 46.0 Å². The van der Waals surface area contributed by atoms with E-state index < -0.39 is 0 Å². The summed E-state index contributed by atoms with van der Waals surface area (Å²) in [6.07, 6.45) is 7.01. The molecule has 0 heterocycles. The van der Waals surface area contributed by atoms with Crippen molar-refractivity contribution in [3.63, 3.8) is 0 Å². The van der Waals surface area contributed by atoms with E-state index in [1.54, 1.807) is 0 Å². The third kappa shape index (κ3) is 9.78. The van der Waals surface area contributed by atoms with E-state index in [1.807, 2.05) is 0 Å². The van der Waals surface area contributed by atoms with Gasteiger partial charge in [-0.25, -0.2) is 0 Å². The molecular formula is C7H16Li. The van der Waals surface area contributed by atoms with Crippen molar-refractivity contribution in [1.29, 1.82) is 0 Å². The Bertz CT molecular complexity index is 23.6. The first kappa shape index (κ1) is 11.4. The molecule has 1 heteroatoms. The van der Waals surface area contributed by atoms with E-state index >= 15 is 0 Å². The van der Waals surface area contributed by atoms with Gasteiger partial charge in [-0.15, -0.1) is 0 Å². The molecule has 0 amide bonds. The minimum atomic E-state index is 0. The number of hydrogen-bond acceptors (Lipinski definition) is 0. The van der Waals surface area contributed by atoms with Crippen LogP contribution in [-0.2, 0) is 0 Å². The minimum Gasteiger partial charge on any atom is -0.0654 e. The summed E-state index contributed by atoms with van der Waals surface area (Å²) in [6, 6.07) is 0. The number of unbranched alkanes of at least 4 members (excludes halogenated alkanes) is 4. The summed E-state index contributed by atoms with van der Waals surface area (Å²) in [5.74, 6) is 0. The molecule has 0 spiro atoms. The fraction of sp³-hybridized carbons (Fsp3) is 1.00. The van der Waals surface area contributed by atoms with Crippen molar-refractivity contribution in [3.8, 4) is 0 Å². The summed E-state index contributed by atoms with van der Waals surface area (Å²) in [5.41, 5.74) is 0. The van der Waals surface area contributed by atoms with Gasteiger partial charge in [0.05, 0.1) is 0 Å². The largest absolute Gasteiger partial charge is 0.0654 e. The topological polar surface area (TPSA) is 0 Å². The molecule has 1 radical (unpaired) electrons. The van der Waals surface area contributed by atoms with E-state index in [0.29, 0.717) is 0 Å². The Morgan fingerprint density at radius 3 is 1.38 bits per heavy atom. The molecule has 0 bridgehead atoms. The van der Waals surface area contributed by atoms with Crippen LogP contribution in [0.5, 0.6) is 0 Å². The van der Waals surface area contributed by atoms with Gasteiger partial charge in [-0.1, -0.05) is 46.0 Å². The summed E-state index contributed by atoms with van der Waals surface area (Å²) < 4.78 is 0. The predicted octanol–water partition coefficient (Wildman–Crippen LogP) is 2.60. The maximum atomic E-state index is 2.25. The molecule has 0 rings (SSSR count). The zero-order chi connectivity index (χ0) is 5.54. The molecule has 0 aromatic heterocycles. The van der Waals surface area contributed by atoms with Crippen molar-refractivity contribution in [2.75, 3.05) is 0 Å². The van der Waals surface area contributed by atoms with E-state index in [4.69, 9.17) is 0 Å². The summed E-state index contributed by atoms with van der Waals surface area (Å²) in [6.45, 7) is 4.49. The van der Waals surface area contributed by atoms with Gasteiger partial charge >= 0.3 is 0 Å². The first-order valence-electron chi connectivity index (χ1n) is 3.41. The summed E-state index contributed by atoms with van der Waals surface area (Å²) in [7, 11) is 0. The Kier molecular flexibility index (Phi) is 15.0. The molecule has 0 unspecified atom stereocenters. The number of rotatable bonds is 4. The van der Waals surface area contributed by atoms with Crippen LogP contribution in [0.2, 0.25) is 0 Å². The van der Waals surface area contributed by atoms with Crippen molar-refractivity contribution in [3.05, 3.63) is 0 Å². The second-order valence-corrected chi connectivity index (χ2v) is 2.06. The second-order valence-electron chi connectivity index (χ2n) is 2.06. The van der Waals surface area contributed by atoms with E-state index in [9.17, 15) is 0 Å². The van der Waals surface area contributed by atoms with Crippen LogP contribution in [-0.4, -0.2) is 18.9 Å². The molecule has 8 heavy (non-hydrogen) atoms. The Labute approximate surface area is 65.2 Å². The van der Waals surface area contributed by atoms with Crippen molar-refractivity contribution >= 4 is 18.9 Å². The van der Waals surface area contributed by atoms with Gasteiger partial charge in [-0.3, -0.25) is 0 Å². The van der Waals surface area contributed by atoms with Crippen LogP contribution in [0.3, 0.4) is 0 Å². The average molecular weight is 107 g/mol. The molecule has 0 fully saturated rings. The predicted molar refractivity (Wildman–Crippen MR) is 40.2 cm³/mol. The first-order chi connectivity index (χ1) is 3.41. The monoisotopic (exact) mass is 107 g/mol. The smallest absolute Gasteiger partial charge is 0 e. The van der Waals surface area contributed by atoms with Crippen molar-refractivity contribution in [2.24, 2.45) is 0 Å². The van der Waals surface area contributed by atoms with Crippen molar-refractivity contribution < 1.29 is 0 Å². The molecule has 0 saturated carbocycles. The van der Waals surface area contributed by atoms with Gasteiger partial charge in [-0.2, -0.15) is 0 Å². The van der Waals surface area contributed by atoms with Crippen LogP contribution < -0.4 is 0 Å². The maximum Gasteiger partial charge on any atom is 0 e. The molecule has 0 aliphatic carbocycles. The summed E-state index contributed by atoms with van der Waals surface area (Å²) in [4.78, 5) is 0. The van der Waals surface area contributed by atoms with E-state index in [0.717, 1.165) is 0 Å². The minimum absolute atomic E-state index is 0. The third-order valence-corrected chi connectivity index (χ3v) is 1.21. The van der Waals surface area contributed by atoms with Crippen molar-refractivity contribution in [2.45, 2.75) is 46.0 Å². The zero-order valence-corrected chi connectivity index (χ0v) is 6.54. The molecule has 0 aliphatic rings. The van der Waals surface area contributed by atoms with Crippen LogP contribution in [0.4, 0.5) is 0 Å². The van der Waals surface area contributed by atoms with E-state index in [-0.39, 0.29) is 18.9 Å².